The lowest BCUT2D eigenvalue weighted by molar-refractivity contribution is -0.132. The number of anilines is 1. The van der Waals surface area contributed by atoms with Crippen LogP contribution in [0.5, 0.6) is 5.75 Å². The van der Waals surface area contributed by atoms with Crippen LogP contribution in [0.25, 0.3) is 5.76 Å². The first-order chi connectivity index (χ1) is 15.0. The Hall–Kier alpha value is -2.97. The number of aliphatic hydroxyl groups excluding tert-OH is 1. The van der Waals surface area contributed by atoms with Gasteiger partial charge in [-0.2, -0.15) is 0 Å². The van der Waals surface area contributed by atoms with E-state index in [4.69, 9.17) is 4.74 Å². The maximum atomic E-state index is 13.1. The smallest absolute Gasteiger partial charge is 0.301 e. The number of rotatable bonds is 6. The third kappa shape index (κ3) is 4.13. The highest BCUT2D eigenvalue weighted by molar-refractivity contribution is 9.10. The highest BCUT2D eigenvalue weighted by atomic mass is 79.9. The number of amides is 1. The van der Waals surface area contributed by atoms with Crippen LogP contribution in [0.3, 0.4) is 0 Å². The topological polar surface area (TPSA) is 79.7 Å². The van der Waals surface area contributed by atoms with Gasteiger partial charge >= 0.3 is 5.91 Å². The molecular formula is C23H19BrN2O4S. The largest absolute Gasteiger partial charge is 0.507 e. The van der Waals surface area contributed by atoms with Crippen LogP contribution < -0.4 is 9.64 Å². The van der Waals surface area contributed by atoms with Crippen LogP contribution in [0, 0.1) is 0 Å². The van der Waals surface area contributed by atoms with Crippen molar-refractivity contribution in [3.05, 3.63) is 81.3 Å². The van der Waals surface area contributed by atoms with Crippen LogP contribution in [0.4, 0.5) is 5.13 Å². The molecule has 0 aliphatic carbocycles. The predicted octanol–water partition coefficient (Wildman–Crippen LogP) is 5.32. The average molecular weight is 499 g/mol. The average Bonchev–Trinajstić information content (AvgIpc) is 3.39. The molecule has 0 spiro atoms. The highest BCUT2D eigenvalue weighted by Gasteiger charge is 2.48. The molecule has 1 unspecified atom stereocenters. The Bertz CT molecular complexity index is 1160. The van der Waals surface area contributed by atoms with Gasteiger partial charge in [-0.25, -0.2) is 4.98 Å². The van der Waals surface area contributed by atoms with Crippen LogP contribution in [0.2, 0.25) is 0 Å². The van der Waals surface area contributed by atoms with Gasteiger partial charge in [-0.1, -0.05) is 47.1 Å². The molecule has 0 bridgehead atoms. The highest BCUT2D eigenvalue weighted by Crippen LogP contribution is 2.43. The quantitative estimate of drug-likeness (QED) is 0.282. The number of ketones is 1. The first-order valence-electron chi connectivity index (χ1n) is 9.70. The van der Waals surface area contributed by atoms with Crippen LogP contribution in [0.15, 0.2) is 70.2 Å². The number of benzene rings is 2. The molecule has 0 radical (unpaired) electrons. The zero-order valence-corrected chi connectivity index (χ0v) is 19.0. The fourth-order valence-electron chi connectivity index (χ4n) is 3.47. The van der Waals surface area contributed by atoms with Crippen molar-refractivity contribution in [3.63, 3.8) is 0 Å². The number of nitrogens with zero attached hydrogens (tertiary/aromatic N) is 2. The van der Waals surface area contributed by atoms with Crippen molar-refractivity contribution >= 4 is 49.8 Å². The molecule has 1 aromatic heterocycles. The molecule has 1 aliphatic heterocycles. The number of hydrogen-bond acceptors (Lipinski definition) is 6. The van der Waals surface area contributed by atoms with Crippen molar-refractivity contribution < 1.29 is 19.4 Å². The van der Waals surface area contributed by atoms with E-state index in [9.17, 15) is 14.7 Å². The van der Waals surface area contributed by atoms with E-state index in [0.29, 0.717) is 28.6 Å². The van der Waals surface area contributed by atoms with Crippen molar-refractivity contribution in [2.45, 2.75) is 19.4 Å². The Morgan fingerprint density at radius 1 is 1.23 bits per heavy atom. The molecule has 1 fully saturated rings. The van der Waals surface area contributed by atoms with E-state index in [-0.39, 0.29) is 11.3 Å². The summed E-state index contributed by atoms with van der Waals surface area (Å²) < 4.78 is 6.45. The minimum absolute atomic E-state index is 0.0194. The molecule has 1 amide bonds. The number of aliphatic hydroxyl groups is 1. The fraction of sp³-hybridized carbons (Fsp3) is 0.174. The summed E-state index contributed by atoms with van der Waals surface area (Å²) in [4.78, 5) is 31.6. The number of thiazole rings is 1. The summed E-state index contributed by atoms with van der Waals surface area (Å²) in [6, 6.07) is 13.4. The lowest BCUT2D eigenvalue weighted by atomic mass is 9.95. The van der Waals surface area contributed by atoms with Gasteiger partial charge in [0.05, 0.1) is 18.2 Å². The van der Waals surface area contributed by atoms with Gasteiger partial charge in [-0.3, -0.25) is 14.5 Å². The van der Waals surface area contributed by atoms with Crippen LogP contribution in [-0.2, 0) is 9.59 Å². The van der Waals surface area contributed by atoms with E-state index >= 15 is 0 Å². The number of ether oxygens (including phenoxy) is 1. The normalized spacial score (nSPS) is 17.9. The third-order valence-corrected chi connectivity index (χ3v) is 6.08. The molecule has 2 heterocycles. The molecule has 1 aliphatic rings. The third-order valence-electron chi connectivity index (χ3n) is 4.81. The monoisotopic (exact) mass is 498 g/mol. The van der Waals surface area contributed by atoms with E-state index in [1.54, 1.807) is 35.8 Å². The molecule has 31 heavy (non-hydrogen) atoms. The Labute approximate surface area is 191 Å². The van der Waals surface area contributed by atoms with Crippen LogP contribution in [-0.4, -0.2) is 28.4 Å². The van der Waals surface area contributed by atoms with E-state index in [2.05, 4.69) is 20.9 Å². The first-order valence-corrected chi connectivity index (χ1v) is 11.4. The van der Waals surface area contributed by atoms with Gasteiger partial charge in [0, 0.05) is 21.6 Å². The van der Waals surface area contributed by atoms with Gasteiger partial charge in [0.25, 0.3) is 5.78 Å². The molecule has 0 saturated carbocycles. The lowest BCUT2D eigenvalue weighted by Crippen LogP contribution is -2.29. The number of Topliss-reactive ketones (excluding diaryl/α,β-unsaturated/α-hetero) is 1. The Morgan fingerprint density at radius 3 is 2.74 bits per heavy atom. The summed E-state index contributed by atoms with van der Waals surface area (Å²) in [7, 11) is 0. The Balaban J connectivity index is 1.88. The molecule has 1 N–H and O–H groups in total. The SMILES string of the molecule is CCCOc1cccc(C(O)=C2C(=O)C(=O)N(c3nccs3)C2c2cccc(Br)c2)c1. The summed E-state index contributed by atoms with van der Waals surface area (Å²) in [6.45, 7) is 2.54. The molecule has 4 rings (SSSR count). The number of hydrogen-bond donors (Lipinski definition) is 1. The second-order valence-electron chi connectivity index (χ2n) is 6.92. The maximum Gasteiger partial charge on any atom is 0.301 e. The standard InChI is InChI=1S/C23H19BrN2O4S/c1-2-10-30-17-8-4-6-15(13-17)20(27)18-19(14-5-3-7-16(24)12-14)26(22(29)21(18)28)23-25-9-11-31-23/h3-9,11-13,19,27H,2,10H2,1H3. The van der Waals surface area contributed by atoms with Gasteiger partial charge in [0.15, 0.2) is 5.13 Å². The van der Waals surface area contributed by atoms with E-state index < -0.39 is 17.7 Å². The Kier molecular flexibility index (Phi) is 6.20. The van der Waals surface area contributed by atoms with Gasteiger partial charge in [0.1, 0.15) is 11.5 Å². The zero-order valence-electron chi connectivity index (χ0n) is 16.6. The molecular weight excluding hydrogens is 480 g/mol. The van der Waals surface area contributed by atoms with Crippen molar-refractivity contribution in [1.29, 1.82) is 0 Å². The van der Waals surface area contributed by atoms with Crippen molar-refractivity contribution in [2.24, 2.45) is 0 Å². The summed E-state index contributed by atoms with van der Waals surface area (Å²) in [5.41, 5.74) is 1.11. The molecule has 1 saturated heterocycles. The molecule has 1 atom stereocenters. The van der Waals surface area contributed by atoms with E-state index in [1.165, 1.54) is 16.2 Å². The van der Waals surface area contributed by atoms with Crippen LogP contribution in [0.1, 0.15) is 30.5 Å². The minimum Gasteiger partial charge on any atom is -0.507 e. The number of carbonyl (C=O) groups is 2. The number of aromatic nitrogens is 1. The maximum absolute atomic E-state index is 13.1. The summed E-state index contributed by atoms with van der Waals surface area (Å²) in [5, 5.41) is 13.3. The molecule has 2 aromatic carbocycles. The van der Waals surface area contributed by atoms with Crippen molar-refractivity contribution in [3.8, 4) is 5.75 Å². The zero-order chi connectivity index (χ0) is 22.0. The van der Waals surface area contributed by atoms with E-state index in [0.717, 1.165) is 10.9 Å². The van der Waals surface area contributed by atoms with E-state index in [1.807, 2.05) is 31.2 Å². The van der Waals surface area contributed by atoms with Gasteiger partial charge < -0.3 is 9.84 Å². The lowest BCUT2D eigenvalue weighted by Gasteiger charge is -2.23. The molecule has 158 valence electrons. The number of carbonyl (C=O) groups excluding carboxylic acids is 2. The summed E-state index contributed by atoms with van der Waals surface area (Å²) in [6.07, 6.45) is 2.42. The Morgan fingerprint density at radius 2 is 2.03 bits per heavy atom. The molecule has 6 nitrogen and oxygen atoms in total. The molecule has 3 aromatic rings. The summed E-state index contributed by atoms with van der Waals surface area (Å²) in [5.74, 6) is -1.14. The summed E-state index contributed by atoms with van der Waals surface area (Å²) >= 11 is 4.70. The fourth-order valence-corrected chi connectivity index (χ4v) is 4.55. The number of halogens is 1. The van der Waals surface area contributed by atoms with Gasteiger partial charge in [0.2, 0.25) is 0 Å². The van der Waals surface area contributed by atoms with Gasteiger partial charge in [-0.05, 0) is 36.2 Å². The van der Waals surface area contributed by atoms with Crippen molar-refractivity contribution in [2.75, 3.05) is 11.5 Å². The van der Waals surface area contributed by atoms with Gasteiger partial charge in [-0.15, -0.1) is 11.3 Å². The molecule has 8 heteroatoms. The second-order valence-corrected chi connectivity index (χ2v) is 8.70. The second kappa shape index (κ2) is 9.03. The van der Waals surface area contributed by atoms with Crippen LogP contribution >= 0.6 is 27.3 Å². The van der Waals surface area contributed by atoms with Crippen molar-refractivity contribution in [1.82, 2.24) is 4.98 Å². The predicted molar refractivity (Wildman–Crippen MR) is 123 cm³/mol. The minimum atomic E-state index is -0.802. The first kappa shape index (κ1) is 21.3.